The van der Waals surface area contributed by atoms with Gasteiger partial charge in [-0.3, -0.25) is 0 Å². The van der Waals surface area contributed by atoms with Crippen LogP contribution in [0, 0.1) is 5.41 Å². The molecule has 4 rings (SSSR count). The van der Waals surface area contributed by atoms with Crippen molar-refractivity contribution in [1.29, 1.82) is 0 Å². The van der Waals surface area contributed by atoms with Gasteiger partial charge in [0.2, 0.25) is 5.82 Å². The Balaban J connectivity index is 1.56. The zero-order chi connectivity index (χ0) is 17.7. The number of benzene rings is 1. The number of likely N-dealkylation sites (tertiary alicyclic amines) is 1. The van der Waals surface area contributed by atoms with Crippen LogP contribution in [0.25, 0.3) is 11.0 Å². The maximum atomic E-state index is 13.5. The Morgan fingerprint density at radius 1 is 1.20 bits per heavy atom. The number of halogens is 3. The van der Waals surface area contributed by atoms with Crippen LogP contribution in [0.2, 0.25) is 0 Å². The Bertz CT molecular complexity index is 759. The number of hydrogen-bond acceptors (Lipinski definition) is 3. The van der Waals surface area contributed by atoms with Crippen molar-refractivity contribution in [3.05, 3.63) is 30.1 Å². The molecule has 2 aliphatic heterocycles. The molecule has 1 aromatic carbocycles. The predicted molar refractivity (Wildman–Crippen MR) is 88.4 cm³/mol. The lowest BCUT2D eigenvalue weighted by Gasteiger charge is -2.44. The normalized spacial score (nSPS) is 22.2. The fourth-order valence-corrected chi connectivity index (χ4v) is 4.03. The molecule has 4 nitrogen and oxygen atoms in total. The summed E-state index contributed by atoms with van der Waals surface area (Å²) in [6.45, 7) is 6.33. The predicted octanol–water partition coefficient (Wildman–Crippen LogP) is 3.73. The van der Waals surface area contributed by atoms with Gasteiger partial charge in [0.25, 0.3) is 0 Å². The Hall–Kier alpha value is -1.60. The van der Waals surface area contributed by atoms with E-state index in [1.807, 2.05) is 0 Å². The Morgan fingerprint density at radius 3 is 2.48 bits per heavy atom. The van der Waals surface area contributed by atoms with Crippen molar-refractivity contribution in [1.82, 2.24) is 14.5 Å². The SMILES string of the molecule is CC1(CN2CCC(n3c(C(F)(F)F)nc4ccccc43)CC2)COC1. The number of para-hydroxylation sites is 2. The summed E-state index contributed by atoms with van der Waals surface area (Å²) in [4.78, 5) is 6.22. The van der Waals surface area contributed by atoms with Gasteiger partial charge >= 0.3 is 6.18 Å². The number of hydrogen-bond donors (Lipinski definition) is 0. The van der Waals surface area contributed by atoms with E-state index >= 15 is 0 Å². The van der Waals surface area contributed by atoms with Gasteiger partial charge in [0, 0.05) is 31.1 Å². The first-order chi connectivity index (χ1) is 11.9. The molecule has 7 heteroatoms. The number of imidazole rings is 1. The van der Waals surface area contributed by atoms with Gasteiger partial charge in [-0.2, -0.15) is 13.2 Å². The minimum atomic E-state index is -4.44. The molecule has 2 aliphatic rings. The van der Waals surface area contributed by atoms with Gasteiger partial charge in [0.15, 0.2) is 0 Å². The largest absolute Gasteiger partial charge is 0.449 e. The molecule has 2 aromatic rings. The van der Waals surface area contributed by atoms with Crippen molar-refractivity contribution in [2.24, 2.45) is 5.41 Å². The molecule has 0 bridgehead atoms. The highest BCUT2D eigenvalue weighted by molar-refractivity contribution is 5.76. The van der Waals surface area contributed by atoms with Crippen LogP contribution in [0.15, 0.2) is 24.3 Å². The smallest absolute Gasteiger partial charge is 0.380 e. The fourth-order valence-electron chi connectivity index (χ4n) is 4.03. The lowest BCUT2D eigenvalue weighted by Crippen LogP contribution is -2.50. The molecular formula is C18H22F3N3O. The van der Waals surface area contributed by atoms with Crippen LogP contribution in [-0.2, 0) is 10.9 Å². The molecule has 1 aromatic heterocycles. The molecule has 0 N–H and O–H groups in total. The second kappa shape index (κ2) is 5.99. The van der Waals surface area contributed by atoms with Crippen molar-refractivity contribution < 1.29 is 17.9 Å². The average molecular weight is 353 g/mol. The third kappa shape index (κ3) is 3.15. The zero-order valence-electron chi connectivity index (χ0n) is 14.2. The van der Waals surface area contributed by atoms with Crippen LogP contribution >= 0.6 is 0 Å². The van der Waals surface area contributed by atoms with Gasteiger partial charge in [0.05, 0.1) is 24.2 Å². The quantitative estimate of drug-likeness (QED) is 0.842. The summed E-state index contributed by atoms with van der Waals surface area (Å²) >= 11 is 0. The summed E-state index contributed by atoms with van der Waals surface area (Å²) in [5.74, 6) is -0.772. The van der Waals surface area contributed by atoms with Crippen LogP contribution in [0.5, 0.6) is 0 Å². The Labute approximate surface area is 144 Å². The van der Waals surface area contributed by atoms with Gasteiger partial charge in [-0.05, 0) is 25.0 Å². The lowest BCUT2D eigenvalue weighted by molar-refractivity contribution is -0.148. The maximum absolute atomic E-state index is 13.5. The standard InChI is InChI=1S/C18H22F3N3O/c1-17(11-25-12-17)10-23-8-6-13(7-9-23)24-15-5-3-2-4-14(15)22-16(24)18(19,20)21/h2-5,13H,6-12H2,1H3. The zero-order valence-corrected chi connectivity index (χ0v) is 14.2. The maximum Gasteiger partial charge on any atom is 0.449 e. The molecule has 0 radical (unpaired) electrons. The minimum absolute atomic E-state index is 0.161. The van der Waals surface area contributed by atoms with Crippen molar-refractivity contribution >= 4 is 11.0 Å². The number of fused-ring (bicyclic) bond motifs is 1. The number of nitrogens with zero attached hydrogens (tertiary/aromatic N) is 3. The van der Waals surface area contributed by atoms with E-state index in [4.69, 9.17) is 4.74 Å². The average Bonchev–Trinajstić information content (AvgIpc) is 2.94. The summed E-state index contributed by atoms with van der Waals surface area (Å²) in [6.07, 6.45) is -3.02. The molecule has 0 spiro atoms. The molecule has 0 aliphatic carbocycles. The Kier molecular flexibility index (Phi) is 4.03. The van der Waals surface area contributed by atoms with E-state index < -0.39 is 12.0 Å². The highest BCUT2D eigenvalue weighted by Gasteiger charge is 2.41. The van der Waals surface area contributed by atoms with Crippen molar-refractivity contribution in [2.75, 3.05) is 32.8 Å². The summed E-state index contributed by atoms with van der Waals surface area (Å²) in [5, 5.41) is 0. The summed E-state index contributed by atoms with van der Waals surface area (Å²) in [7, 11) is 0. The van der Waals surface area contributed by atoms with E-state index in [0.717, 1.165) is 32.8 Å². The third-order valence-corrected chi connectivity index (χ3v) is 5.28. The van der Waals surface area contributed by atoms with Crippen molar-refractivity contribution in [3.63, 3.8) is 0 Å². The van der Waals surface area contributed by atoms with Gasteiger partial charge in [-0.25, -0.2) is 4.98 Å². The number of ether oxygens (including phenoxy) is 1. The first kappa shape index (κ1) is 16.8. The second-order valence-corrected chi connectivity index (χ2v) is 7.60. The van der Waals surface area contributed by atoms with Crippen LogP contribution in [-0.4, -0.2) is 47.3 Å². The minimum Gasteiger partial charge on any atom is -0.380 e. The highest BCUT2D eigenvalue weighted by atomic mass is 19.4. The monoisotopic (exact) mass is 353 g/mol. The van der Waals surface area contributed by atoms with E-state index in [-0.39, 0.29) is 11.5 Å². The number of aromatic nitrogens is 2. The molecule has 25 heavy (non-hydrogen) atoms. The molecule has 3 heterocycles. The van der Waals surface area contributed by atoms with Crippen LogP contribution < -0.4 is 0 Å². The first-order valence-corrected chi connectivity index (χ1v) is 8.70. The fraction of sp³-hybridized carbons (Fsp3) is 0.611. The highest BCUT2D eigenvalue weighted by Crippen LogP contribution is 2.37. The van der Waals surface area contributed by atoms with Crippen molar-refractivity contribution in [2.45, 2.75) is 32.0 Å². The molecule has 0 saturated carbocycles. The van der Waals surface area contributed by atoms with Crippen LogP contribution in [0.1, 0.15) is 31.6 Å². The van der Waals surface area contributed by atoms with Gasteiger partial charge in [-0.1, -0.05) is 19.1 Å². The topological polar surface area (TPSA) is 30.3 Å². The van der Waals surface area contributed by atoms with E-state index in [9.17, 15) is 13.2 Å². The molecule has 0 amide bonds. The van der Waals surface area contributed by atoms with Gasteiger partial charge in [-0.15, -0.1) is 0 Å². The summed E-state index contributed by atoms with van der Waals surface area (Å²) in [6, 6.07) is 6.71. The van der Waals surface area contributed by atoms with Crippen LogP contribution in [0.4, 0.5) is 13.2 Å². The number of rotatable bonds is 3. The van der Waals surface area contributed by atoms with Crippen LogP contribution in [0.3, 0.4) is 0 Å². The lowest BCUT2D eigenvalue weighted by atomic mass is 9.87. The summed E-state index contributed by atoms with van der Waals surface area (Å²) in [5.41, 5.74) is 1.19. The number of alkyl halides is 3. The molecular weight excluding hydrogens is 331 g/mol. The molecule has 2 fully saturated rings. The third-order valence-electron chi connectivity index (χ3n) is 5.28. The number of piperidine rings is 1. The van der Waals surface area contributed by atoms with E-state index in [1.165, 1.54) is 4.57 Å². The summed E-state index contributed by atoms with van der Waals surface area (Å²) < 4.78 is 47.2. The molecule has 0 unspecified atom stereocenters. The van der Waals surface area contributed by atoms with Gasteiger partial charge < -0.3 is 14.2 Å². The Morgan fingerprint density at radius 2 is 1.88 bits per heavy atom. The molecule has 2 saturated heterocycles. The van der Waals surface area contributed by atoms with E-state index in [1.54, 1.807) is 24.3 Å². The van der Waals surface area contributed by atoms with Crippen molar-refractivity contribution in [3.8, 4) is 0 Å². The van der Waals surface area contributed by atoms with E-state index in [0.29, 0.717) is 23.9 Å². The van der Waals surface area contributed by atoms with Gasteiger partial charge in [0.1, 0.15) is 0 Å². The molecule has 136 valence electrons. The van der Waals surface area contributed by atoms with E-state index in [2.05, 4.69) is 16.8 Å². The first-order valence-electron chi connectivity index (χ1n) is 8.70. The second-order valence-electron chi connectivity index (χ2n) is 7.60. The molecule has 0 atom stereocenters.